The Morgan fingerprint density at radius 3 is 2.81 bits per heavy atom. The average molecular weight is 296 g/mol. The standard InChI is InChI=1S/C16H32N4O/c1-5-14(4)19-16(17-6-2)18-10-9-15(21)20-11-7-8-13(3)12-20/h13-14H,5-12H2,1-4H3,(H2,17,18,19). The summed E-state index contributed by atoms with van der Waals surface area (Å²) >= 11 is 0. The first-order valence-corrected chi connectivity index (χ1v) is 8.39. The van der Waals surface area contributed by atoms with Crippen LogP contribution in [0.3, 0.4) is 0 Å². The SMILES string of the molecule is CCNC(=NCCC(=O)N1CCCC(C)C1)NC(C)CC. The van der Waals surface area contributed by atoms with Crippen molar-refractivity contribution < 1.29 is 4.79 Å². The van der Waals surface area contributed by atoms with Crippen molar-refractivity contribution in [2.24, 2.45) is 10.9 Å². The third kappa shape index (κ3) is 6.82. The fraction of sp³-hybridized carbons (Fsp3) is 0.875. The van der Waals surface area contributed by atoms with E-state index in [0.717, 1.165) is 38.4 Å². The molecule has 0 aliphatic carbocycles. The first-order valence-electron chi connectivity index (χ1n) is 8.39. The highest BCUT2D eigenvalue weighted by Gasteiger charge is 2.20. The van der Waals surface area contributed by atoms with Gasteiger partial charge in [-0.05, 0) is 39.0 Å². The molecule has 1 fully saturated rings. The molecule has 1 amide bonds. The molecule has 0 saturated carbocycles. The summed E-state index contributed by atoms with van der Waals surface area (Å²) in [7, 11) is 0. The van der Waals surface area contributed by atoms with Crippen LogP contribution >= 0.6 is 0 Å². The van der Waals surface area contributed by atoms with Crippen LogP contribution in [-0.2, 0) is 4.79 Å². The van der Waals surface area contributed by atoms with Crippen LogP contribution < -0.4 is 10.6 Å². The average Bonchev–Trinajstić information content (AvgIpc) is 2.47. The molecule has 2 N–H and O–H groups in total. The summed E-state index contributed by atoms with van der Waals surface area (Å²) in [6, 6.07) is 0.390. The minimum atomic E-state index is 0.240. The van der Waals surface area contributed by atoms with Crippen molar-refractivity contribution >= 4 is 11.9 Å². The molecule has 0 radical (unpaired) electrons. The van der Waals surface area contributed by atoms with E-state index in [1.165, 1.54) is 6.42 Å². The lowest BCUT2D eigenvalue weighted by Crippen LogP contribution is -2.42. The highest BCUT2D eigenvalue weighted by Crippen LogP contribution is 2.15. The Labute approximate surface area is 129 Å². The Balaban J connectivity index is 2.39. The van der Waals surface area contributed by atoms with Gasteiger partial charge >= 0.3 is 0 Å². The lowest BCUT2D eigenvalue weighted by atomic mass is 10.00. The molecule has 5 nitrogen and oxygen atoms in total. The molecule has 2 atom stereocenters. The second kappa shape index (κ2) is 9.64. The first kappa shape index (κ1) is 17.8. The van der Waals surface area contributed by atoms with E-state index in [2.05, 4.69) is 36.4 Å². The first-order chi connectivity index (χ1) is 10.1. The fourth-order valence-electron chi connectivity index (χ4n) is 2.49. The van der Waals surface area contributed by atoms with Crippen molar-refractivity contribution in [3.05, 3.63) is 0 Å². The molecule has 0 aromatic carbocycles. The van der Waals surface area contributed by atoms with Crippen LogP contribution in [0.4, 0.5) is 0 Å². The van der Waals surface area contributed by atoms with E-state index in [4.69, 9.17) is 0 Å². The Morgan fingerprint density at radius 1 is 1.43 bits per heavy atom. The maximum atomic E-state index is 12.2. The van der Waals surface area contributed by atoms with Gasteiger partial charge in [-0.2, -0.15) is 0 Å². The molecule has 0 bridgehead atoms. The van der Waals surface area contributed by atoms with Crippen molar-refractivity contribution in [3.8, 4) is 0 Å². The summed E-state index contributed by atoms with van der Waals surface area (Å²) < 4.78 is 0. The molecular weight excluding hydrogens is 264 g/mol. The maximum absolute atomic E-state index is 12.2. The van der Waals surface area contributed by atoms with Gasteiger partial charge < -0.3 is 15.5 Å². The number of amides is 1. The molecule has 1 aliphatic rings. The normalized spacial score (nSPS) is 21.0. The number of hydrogen-bond acceptors (Lipinski definition) is 2. The molecule has 0 spiro atoms. The zero-order valence-electron chi connectivity index (χ0n) is 14.1. The highest BCUT2D eigenvalue weighted by molar-refractivity contribution is 5.81. The van der Waals surface area contributed by atoms with Crippen LogP contribution in [0, 0.1) is 5.92 Å². The van der Waals surface area contributed by atoms with E-state index in [0.29, 0.717) is 24.9 Å². The van der Waals surface area contributed by atoms with Crippen LogP contribution in [0.1, 0.15) is 53.4 Å². The zero-order chi connectivity index (χ0) is 15.7. The number of likely N-dealkylation sites (tertiary alicyclic amines) is 1. The molecular formula is C16H32N4O. The topological polar surface area (TPSA) is 56.7 Å². The van der Waals surface area contributed by atoms with Gasteiger partial charge in [0.2, 0.25) is 5.91 Å². The van der Waals surface area contributed by atoms with Gasteiger partial charge in [0.15, 0.2) is 5.96 Å². The van der Waals surface area contributed by atoms with Gasteiger partial charge in [0.25, 0.3) is 0 Å². The van der Waals surface area contributed by atoms with Crippen molar-refractivity contribution in [3.63, 3.8) is 0 Å². The van der Waals surface area contributed by atoms with Crippen molar-refractivity contribution in [1.29, 1.82) is 0 Å². The highest BCUT2D eigenvalue weighted by atomic mass is 16.2. The molecule has 1 heterocycles. The van der Waals surface area contributed by atoms with Gasteiger partial charge in [0.1, 0.15) is 0 Å². The summed E-state index contributed by atoms with van der Waals surface area (Å²) in [5, 5.41) is 6.56. The minimum Gasteiger partial charge on any atom is -0.357 e. The molecule has 5 heteroatoms. The quantitative estimate of drug-likeness (QED) is 0.582. The van der Waals surface area contributed by atoms with Crippen LogP contribution in [-0.4, -0.2) is 49.0 Å². The molecule has 1 rings (SSSR count). The summed E-state index contributed by atoms with van der Waals surface area (Å²) in [6.07, 6.45) is 3.93. The summed E-state index contributed by atoms with van der Waals surface area (Å²) in [4.78, 5) is 18.7. The monoisotopic (exact) mass is 296 g/mol. The van der Waals surface area contributed by atoms with E-state index in [1.807, 2.05) is 11.8 Å². The zero-order valence-corrected chi connectivity index (χ0v) is 14.1. The Hall–Kier alpha value is -1.26. The number of rotatable bonds is 6. The molecule has 122 valence electrons. The second-order valence-corrected chi connectivity index (χ2v) is 6.05. The van der Waals surface area contributed by atoms with Gasteiger partial charge in [-0.25, -0.2) is 0 Å². The predicted octanol–water partition coefficient (Wildman–Crippen LogP) is 1.99. The molecule has 1 saturated heterocycles. The number of nitrogens with one attached hydrogen (secondary N) is 2. The van der Waals surface area contributed by atoms with E-state index in [9.17, 15) is 4.79 Å². The fourth-order valence-corrected chi connectivity index (χ4v) is 2.49. The van der Waals surface area contributed by atoms with Gasteiger partial charge in [-0.15, -0.1) is 0 Å². The summed E-state index contributed by atoms with van der Waals surface area (Å²) in [5.74, 6) is 1.69. The number of carbonyl (C=O) groups is 1. The van der Waals surface area contributed by atoms with Gasteiger partial charge in [-0.1, -0.05) is 13.8 Å². The van der Waals surface area contributed by atoms with Gasteiger partial charge in [0, 0.05) is 32.1 Å². The van der Waals surface area contributed by atoms with Crippen LogP contribution in [0.5, 0.6) is 0 Å². The Morgan fingerprint density at radius 2 is 2.19 bits per heavy atom. The number of carbonyl (C=O) groups excluding carboxylic acids is 1. The third-order valence-corrected chi connectivity index (χ3v) is 3.95. The molecule has 2 unspecified atom stereocenters. The summed E-state index contributed by atoms with van der Waals surface area (Å²) in [5.41, 5.74) is 0. The molecule has 0 aromatic rings. The largest absolute Gasteiger partial charge is 0.357 e. The smallest absolute Gasteiger partial charge is 0.224 e. The predicted molar refractivity (Wildman–Crippen MR) is 88.5 cm³/mol. The number of piperidine rings is 1. The second-order valence-electron chi connectivity index (χ2n) is 6.05. The van der Waals surface area contributed by atoms with Crippen LogP contribution in [0.25, 0.3) is 0 Å². The number of hydrogen-bond donors (Lipinski definition) is 2. The number of aliphatic imine (C=N–C) groups is 1. The van der Waals surface area contributed by atoms with E-state index >= 15 is 0 Å². The van der Waals surface area contributed by atoms with E-state index < -0.39 is 0 Å². The number of nitrogens with zero attached hydrogens (tertiary/aromatic N) is 2. The molecule has 21 heavy (non-hydrogen) atoms. The third-order valence-electron chi connectivity index (χ3n) is 3.95. The van der Waals surface area contributed by atoms with Crippen LogP contribution in [0.15, 0.2) is 4.99 Å². The maximum Gasteiger partial charge on any atom is 0.224 e. The molecule has 0 aromatic heterocycles. The molecule has 1 aliphatic heterocycles. The van der Waals surface area contributed by atoms with E-state index in [1.54, 1.807) is 0 Å². The lowest BCUT2D eigenvalue weighted by molar-refractivity contribution is -0.132. The van der Waals surface area contributed by atoms with Crippen molar-refractivity contribution in [2.75, 3.05) is 26.2 Å². The Bertz CT molecular complexity index is 343. The van der Waals surface area contributed by atoms with E-state index in [-0.39, 0.29) is 5.91 Å². The number of guanidine groups is 1. The Kier molecular flexibility index (Phi) is 8.16. The van der Waals surface area contributed by atoms with Gasteiger partial charge in [-0.3, -0.25) is 9.79 Å². The van der Waals surface area contributed by atoms with Crippen molar-refractivity contribution in [1.82, 2.24) is 15.5 Å². The van der Waals surface area contributed by atoms with Crippen molar-refractivity contribution in [2.45, 2.75) is 59.4 Å². The van der Waals surface area contributed by atoms with Crippen LogP contribution in [0.2, 0.25) is 0 Å². The van der Waals surface area contributed by atoms with Gasteiger partial charge in [0.05, 0.1) is 6.54 Å². The summed E-state index contributed by atoms with van der Waals surface area (Å²) in [6.45, 7) is 11.8. The lowest BCUT2D eigenvalue weighted by Gasteiger charge is -2.30. The minimum absolute atomic E-state index is 0.240.